The van der Waals surface area contributed by atoms with Crippen molar-refractivity contribution in [3.63, 3.8) is 0 Å². The molecule has 4 heteroatoms. The lowest BCUT2D eigenvalue weighted by atomic mass is 10.2. The zero-order chi connectivity index (χ0) is 11.4. The maximum Gasteiger partial charge on any atom is 0.341 e. The minimum Gasteiger partial charge on any atom is -0.507 e. The van der Waals surface area contributed by atoms with Gasteiger partial charge in [0.25, 0.3) is 0 Å². The van der Waals surface area contributed by atoms with Gasteiger partial charge in [-0.05, 0) is 32.0 Å². The van der Waals surface area contributed by atoms with Gasteiger partial charge in [0, 0.05) is 0 Å². The molecule has 0 amide bonds. The highest BCUT2D eigenvalue weighted by Crippen LogP contribution is 2.24. The maximum atomic E-state index is 11.2. The van der Waals surface area contributed by atoms with Gasteiger partial charge in [-0.25, -0.2) is 4.79 Å². The van der Waals surface area contributed by atoms with Gasteiger partial charge in [-0.1, -0.05) is 0 Å². The molecule has 82 valence electrons. The quantitative estimate of drug-likeness (QED) is 0.775. The van der Waals surface area contributed by atoms with Crippen molar-refractivity contribution in [2.45, 2.75) is 20.0 Å². The summed E-state index contributed by atoms with van der Waals surface area (Å²) in [5.41, 5.74) is 0.107. The number of hydrogen-bond acceptors (Lipinski definition) is 4. The fraction of sp³-hybridized carbons (Fsp3) is 0.364. The third-order valence-corrected chi connectivity index (χ3v) is 1.75. The lowest BCUT2D eigenvalue weighted by Crippen LogP contribution is -2.07. The van der Waals surface area contributed by atoms with Gasteiger partial charge < -0.3 is 14.6 Å². The molecule has 1 aromatic carbocycles. The summed E-state index contributed by atoms with van der Waals surface area (Å²) < 4.78 is 9.91. The van der Waals surface area contributed by atoms with E-state index in [1.54, 1.807) is 6.07 Å². The number of carbonyl (C=O) groups is 1. The van der Waals surface area contributed by atoms with Crippen LogP contribution in [0.4, 0.5) is 0 Å². The molecular weight excluding hydrogens is 196 g/mol. The lowest BCUT2D eigenvalue weighted by Gasteiger charge is -2.11. The van der Waals surface area contributed by atoms with E-state index in [0.29, 0.717) is 5.75 Å². The Morgan fingerprint density at radius 3 is 2.60 bits per heavy atom. The summed E-state index contributed by atoms with van der Waals surface area (Å²) in [6.45, 7) is 3.76. The van der Waals surface area contributed by atoms with Crippen LogP contribution in [0, 0.1) is 0 Å². The molecule has 15 heavy (non-hydrogen) atoms. The molecule has 4 nitrogen and oxygen atoms in total. The Hall–Kier alpha value is -1.71. The fourth-order valence-corrected chi connectivity index (χ4v) is 1.13. The first-order valence-electron chi connectivity index (χ1n) is 4.62. The fourth-order valence-electron chi connectivity index (χ4n) is 1.13. The topological polar surface area (TPSA) is 55.8 Å². The molecule has 0 saturated heterocycles. The van der Waals surface area contributed by atoms with Crippen LogP contribution in [0.1, 0.15) is 24.2 Å². The van der Waals surface area contributed by atoms with Gasteiger partial charge in [-0.2, -0.15) is 0 Å². The number of methoxy groups -OCH3 is 1. The van der Waals surface area contributed by atoms with E-state index in [1.165, 1.54) is 19.2 Å². The monoisotopic (exact) mass is 210 g/mol. The van der Waals surface area contributed by atoms with E-state index < -0.39 is 5.97 Å². The third-order valence-electron chi connectivity index (χ3n) is 1.75. The second-order valence-corrected chi connectivity index (χ2v) is 3.34. The summed E-state index contributed by atoms with van der Waals surface area (Å²) in [5, 5.41) is 9.41. The predicted molar refractivity (Wildman–Crippen MR) is 55.2 cm³/mol. The molecule has 0 aromatic heterocycles. The summed E-state index contributed by atoms with van der Waals surface area (Å²) in [4.78, 5) is 11.2. The molecule has 0 aliphatic heterocycles. The molecule has 0 aliphatic carbocycles. The SMILES string of the molecule is COC(=O)c1cc(OC(C)C)ccc1O. The van der Waals surface area contributed by atoms with Crippen LogP contribution < -0.4 is 4.74 Å². The van der Waals surface area contributed by atoms with Crippen molar-refractivity contribution in [2.24, 2.45) is 0 Å². The molecule has 0 saturated carbocycles. The summed E-state index contributed by atoms with van der Waals surface area (Å²) in [6.07, 6.45) is 0.0139. The molecule has 0 spiro atoms. The largest absolute Gasteiger partial charge is 0.507 e. The van der Waals surface area contributed by atoms with Crippen LogP contribution in [0.5, 0.6) is 11.5 Å². The highest BCUT2D eigenvalue weighted by Gasteiger charge is 2.12. The van der Waals surface area contributed by atoms with Gasteiger partial charge >= 0.3 is 5.97 Å². The number of rotatable bonds is 3. The van der Waals surface area contributed by atoms with E-state index in [9.17, 15) is 9.90 Å². The summed E-state index contributed by atoms with van der Waals surface area (Å²) >= 11 is 0. The minimum atomic E-state index is -0.582. The van der Waals surface area contributed by atoms with Gasteiger partial charge in [-0.15, -0.1) is 0 Å². The Morgan fingerprint density at radius 1 is 1.40 bits per heavy atom. The zero-order valence-corrected chi connectivity index (χ0v) is 8.98. The maximum absolute atomic E-state index is 11.2. The zero-order valence-electron chi connectivity index (χ0n) is 8.98. The first-order chi connectivity index (χ1) is 7.04. The second-order valence-electron chi connectivity index (χ2n) is 3.34. The second kappa shape index (κ2) is 4.68. The lowest BCUT2D eigenvalue weighted by molar-refractivity contribution is 0.0596. The number of benzene rings is 1. The number of phenolic OH excluding ortho intramolecular Hbond substituents is 1. The van der Waals surface area contributed by atoms with Crippen LogP contribution in [-0.4, -0.2) is 24.3 Å². The first-order valence-corrected chi connectivity index (χ1v) is 4.62. The summed E-state index contributed by atoms with van der Waals surface area (Å²) in [7, 11) is 1.26. The molecule has 0 radical (unpaired) electrons. The molecule has 0 unspecified atom stereocenters. The van der Waals surface area contributed by atoms with Crippen molar-refractivity contribution in [3.8, 4) is 11.5 Å². The van der Waals surface area contributed by atoms with Crippen LogP contribution in [0.25, 0.3) is 0 Å². The smallest absolute Gasteiger partial charge is 0.341 e. The summed E-state index contributed by atoms with van der Waals surface area (Å²) in [6, 6.07) is 4.47. The number of carbonyl (C=O) groups excluding carboxylic acids is 1. The molecular formula is C11H14O4. The van der Waals surface area contributed by atoms with E-state index >= 15 is 0 Å². The normalized spacial score (nSPS) is 10.1. The van der Waals surface area contributed by atoms with Crippen LogP contribution in [0.3, 0.4) is 0 Å². The van der Waals surface area contributed by atoms with Crippen molar-refractivity contribution in [2.75, 3.05) is 7.11 Å². The minimum absolute atomic E-state index is 0.0139. The van der Waals surface area contributed by atoms with Crippen LogP contribution in [-0.2, 0) is 4.74 Å². The van der Waals surface area contributed by atoms with Crippen LogP contribution >= 0.6 is 0 Å². The Balaban J connectivity index is 3.00. The number of aromatic hydroxyl groups is 1. The third kappa shape index (κ3) is 2.87. The van der Waals surface area contributed by atoms with Gasteiger partial charge in [0.05, 0.1) is 13.2 Å². The van der Waals surface area contributed by atoms with E-state index in [0.717, 1.165) is 0 Å². The highest BCUT2D eigenvalue weighted by atomic mass is 16.5. The number of hydrogen-bond donors (Lipinski definition) is 1. The predicted octanol–water partition coefficient (Wildman–Crippen LogP) is 1.97. The van der Waals surface area contributed by atoms with E-state index in [-0.39, 0.29) is 17.4 Å². The van der Waals surface area contributed by atoms with Gasteiger partial charge in [0.1, 0.15) is 17.1 Å². The van der Waals surface area contributed by atoms with Crippen LogP contribution in [0.15, 0.2) is 18.2 Å². The Labute approximate surface area is 88.4 Å². The van der Waals surface area contributed by atoms with E-state index in [4.69, 9.17) is 4.74 Å². The number of ether oxygens (including phenoxy) is 2. The number of esters is 1. The molecule has 0 heterocycles. The molecule has 0 bridgehead atoms. The van der Waals surface area contributed by atoms with E-state index in [1.807, 2.05) is 13.8 Å². The van der Waals surface area contributed by atoms with Gasteiger partial charge in [0.15, 0.2) is 0 Å². The van der Waals surface area contributed by atoms with Crippen molar-refractivity contribution >= 4 is 5.97 Å². The van der Waals surface area contributed by atoms with Crippen molar-refractivity contribution in [3.05, 3.63) is 23.8 Å². The molecule has 0 aliphatic rings. The van der Waals surface area contributed by atoms with Crippen molar-refractivity contribution in [1.29, 1.82) is 0 Å². The molecule has 1 aromatic rings. The average Bonchev–Trinajstić information content (AvgIpc) is 2.19. The molecule has 1 rings (SSSR count). The number of phenols is 1. The average molecular weight is 210 g/mol. The van der Waals surface area contributed by atoms with E-state index in [2.05, 4.69) is 4.74 Å². The summed E-state index contributed by atoms with van der Waals surface area (Å²) in [5.74, 6) is -0.164. The molecule has 1 N–H and O–H groups in total. The molecule has 0 fully saturated rings. The Kier molecular flexibility index (Phi) is 3.55. The standard InChI is InChI=1S/C11H14O4/c1-7(2)15-8-4-5-10(12)9(6-8)11(13)14-3/h4-7,12H,1-3H3. The van der Waals surface area contributed by atoms with Crippen molar-refractivity contribution in [1.82, 2.24) is 0 Å². The molecule has 0 atom stereocenters. The van der Waals surface area contributed by atoms with Crippen molar-refractivity contribution < 1.29 is 19.4 Å². The van der Waals surface area contributed by atoms with Gasteiger partial charge in [-0.3, -0.25) is 0 Å². The Bertz CT molecular complexity index is 358. The van der Waals surface area contributed by atoms with Gasteiger partial charge in [0.2, 0.25) is 0 Å². The highest BCUT2D eigenvalue weighted by molar-refractivity contribution is 5.92. The van der Waals surface area contributed by atoms with Crippen LogP contribution in [0.2, 0.25) is 0 Å². The Morgan fingerprint density at radius 2 is 2.07 bits per heavy atom. The first kappa shape index (κ1) is 11.4.